The van der Waals surface area contributed by atoms with E-state index >= 15 is 0 Å². The van der Waals surface area contributed by atoms with E-state index in [0.717, 1.165) is 30.7 Å². The van der Waals surface area contributed by atoms with Crippen LogP contribution in [0, 0.1) is 10.1 Å². The van der Waals surface area contributed by atoms with Crippen LogP contribution in [0.2, 0.25) is 0 Å². The number of hydrogen-bond donors (Lipinski definition) is 1. The number of hydrogen-bond acceptors (Lipinski definition) is 4. The lowest BCUT2D eigenvalue weighted by molar-refractivity contribution is -0.385. The van der Waals surface area contributed by atoms with E-state index in [4.69, 9.17) is 0 Å². The number of nitro benzene ring substituents is 1. The van der Waals surface area contributed by atoms with E-state index in [1.807, 2.05) is 0 Å². The van der Waals surface area contributed by atoms with Gasteiger partial charge in [-0.1, -0.05) is 0 Å². The zero-order chi connectivity index (χ0) is 14.8. The van der Waals surface area contributed by atoms with Gasteiger partial charge in [0.2, 0.25) is 0 Å². The van der Waals surface area contributed by atoms with E-state index in [-0.39, 0.29) is 5.69 Å². The third-order valence-corrected chi connectivity index (χ3v) is 4.46. The number of anilines is 1. The van der Waals surface area contributed by atoms with Crippen LogP contribution in [0.25, 0.3) is 0 Å². The molecule has 1 saturated heterocycles. The van der Waals surface area contributed by atoms with Crippen LogP contribution in [0.4, 0.5) is 24.5 Å². The van der Waals surface area contributed by atoms with Gasteiger partial charge in [-0.3, -0.25) is 10.1 Å². The summed E-state index contributed by atoms with van der Waals surface area (Å²) < 4.78 is 38.8. The first-order chi connectivity index (χ1) is 9.38. The normalized spacial score (nSPS) is 19.1. The van der Waals surface area contributed by atoms with Crippen molar-refractivity contribution < 1.29 is 18.1 Å². The Hall–Kier alpha value is -1.44. The molecule has 0 amide bonds. The van der Waals surface area contributed by atoms with Gasteiger partial charge < -0.3 is 5.32 Å². The van der Waals surface area contributed by atoms with Gasteiger partial charge in [0.1, 0.15) is 0 Å². The lowest BCUT2D eigenvalue weighted by Crippen LogP contribution is -2.17. The molecule has 1 atom stereocenters. The summed E-state index contributed by atoms with van der Waals surface area (Å²) >= 11 is 1.73. The molecule has 1 fully saturated rings. The summed E-state index contributed by atoms with van der Waals surface area (Å²) in [5, 5.41) is 13.6. The maximum Gasteiger partial charge on any atom is 0.418 e. The van der Waals surface area contributed by atoms with Crippen molar-refractivity contribution in [3.63, 3.8) is 0 Å². The molecule has 1 unspecified atom stereocenters. The average Bonchev–Trinajstić information content (AvgIpc) is 2.88. The Labute approximate surface area is 117 Å². The number of halogens is 3. The lowest BCUT2D eigenvalue weighted by Gasteiger charge is -2.16. The summed E-state index contributed by atoms with van der Waals surface area (Å²) in [7, 11) is 0. The first-order valence-electron chi connectivity index (χ1n) is 6.09. The van der Waals surface area contributed by atoms with Crippen molar-refractivity contribution in [3.05, 3.63) is 33.9 Å². The number of nitrogens with one attached hydrogen (secondary N) is 1. The van der Waals surface area contributed by atoms with Gasteiger partial charge in [0.25, 0.3) is 5.69 Å². The van der Waals surface area contributed by atoms with Gasteiger partial charge >= 0.3 is 6.18 Å². The molecule has 0 saturated carbocycles. The molecule has 1 N–H and O–H groups in total. The molecule has 110 valence electrons. The van der Waals surface area contributed by atoms with E-state index < -0.39 is 22.4 Å². The van der Waals surface area contributed by atoms with Crippen LogP contribution in [0.5, 0.6) is 0 Å². The summed E-state index contributed by atoms with van der Waals surface area (Å²) in [6.45, 7) is 0.436. The second-order valence-corrected chi connectivity index (χ2v) is 5.91. The van der Waals surface area contributed by atoms with Gasteiger partial charge in [0, 0.05) is 29.6 Å². The highest BCUT2D eigenvalue weighted by Gasteiger charge is 2.35. The molecule has 1 aliphatic rings. The van der Waals surface area contributed by atoms with Gasteiger partial charge in [-0.2, -0.15) is 24.9 Å². The zero-order valence-electron chi connectivity index (χ0n) is 10.4. The standard InChI is InChI=1S/C12H13F3N2O2S/c13-12(14,15)10-6-8(17(18)19)3-4-11(10)16-7-9-2-1-5-20-9/h3-4,6,9,16H,1-2,5,7H2. The van der Waals surface area contributed by atoms with Crippen molar-refractivity contribution in [1.82, 2.24) is 0 Å². The third-order valence-electron chi connectivity index (χ3n) is 3.06. The topological polar surface area (TPSA) is 55.2 Å². The molecule has 1 aromatic carbocycles. The fraction of sp³-hybridized carbons (Fsp3) is 0.500. The fourth-order valence-corrected chi connectivity index (χ4v) is 3.26. The Morgan fingerprint density at radius 2 is 2.20 bits per heavy atom. The molecule has 4 nitrogen and oxygen atoms in total. The van der Waals surface area contributed by atoms with Crippen LogP contribution in [-0.2, 0) is 6.18 Å². The molecule has 1 heterocycles. The zero-order valence-corrected chi connectivity index (χ0v) is 11.3. The van der Waals surface area contributed by atoms with Gasteiger partial charge in [0.15, 0.2) is 0 Å². The molecule has 0 aliphatic carbocycles. The average molecular weight is 306 g/mol. The maximum absolute atomic E-state index is 12.9. The fourth-order valence-electron chi connectivity index (χ4n) is 2.06. The highest BCUT2D eigenvalue weighted by Crippen LogP contribution is 2.37. The van der Waals surface area contributed by atoms with Crippen LogP contribution in [0.3, 0.4) is 0 Å². The second kappa shape index (κ2) is 5.90. The number of nitro groups is 1. The quantitative estimate of drug-likeness (QED) is 0.676. The molecule has 0 radical (unpaired) electrons. The highest BCUT2D eigenvalue weighted by atomic mass is 32.2. The van der Waals surface area contributed by atoms with Gasteiger partial charge in [-0.15, -0.1) is 0 Å². The number of nitrogens with zero attached hydrogens (tertiary/aromatic N) is 1. The van der Waals surface area contributed by atoms with Crippen LogP contribution in [-0.4, -0.2) is 22.5 Å². The number of alkyl halides is 3. The van der Waals surface area contributed by atoms with Crippen molar-refractivity contribution in [3.8, 4) is 0 Å². The van der Waals surface area contributed by atoms with Crippen molar-refractivity contribution in [2.45, 2.75) is 24.3 Å². The summed E-state index contributed by atoms with van der Waals surface area (Å²) in [4.78, 5) is 9.75. The molecule has 0 bridgehead atoms. The lowest BCUT2D eigenvalue weighted by atomic mass is 10.1. The van der Waals surface area contributed by atoms with Gasteiger partial charge in [-0.25, -0.2) is 0 Å². The number of rotatable bonds is 4. The molecule has 1 aliphatic heterocycles. The second-order valence-electron chi connectivity index (χ2n) is 4.50. The minimum atomic E-state index is -4.61. The number of benzene rings is 1. The van der Waals surface area contributed by atoms with E-state index in [2.05, 4.69) is 5.32 Å². The Morgan fingerprint density at radius 1 is 1.45 bits per heavy atom. The first-order valence-corrected chi connectivity index (χ1v) is 7.14. The molecule has 0 spiro atoms. The van der Waals surface area contributed by atoms with E-state index in [0.29, 0.717) is 17.9 Å². The number of non-ortho nitro benzene ring substituents is 1. The van der Waals surface area contributed by atoms with Crippen molar-refractivity contribution >= 4 is 23.1 Å². The molecule has 0 aromatic heterocycles. The minimum absolute atomic E-state index is 0.101. The Balaban J connectivity index is 2.19. The predicted octanol–water partition coefficient (Wildman–Crippen LogP) is 3.92. The number of thioether (sulfide) groups is 1. The van der Waals surface area contributed by atoms with Crippen molar-refractivity contribution in [2.24, 2.45) is 0 Å². The third kappa shape index (κ3) is 3.56. The maximum atomic E-state index is 12.9. The van der Waals surface area contributed by atoms with Crippen molar-refractivity contribution in [2.75, 3.05) is 17.6 Å². The summed E-state index contributed by atoms with van der Waals surface area (Å²) in [6, 6.07) is 2.78. The van der Waals surface area contributed by atoms with E-state index in [1.54, 1.807) is 11.8 Å². The Bertz CT molecular complexity index is 502. The molecule has 1 aromatic rings. The van der Waals surface area contributed by atoms with Gasteiger partial charge in [0.05, 0.1) is 10.5 Å². The predicted molar refractivity (Wildman–Crippen MR) is 72.1 cm³/mol. The monoisotopic (exact) mass is 306 g/mol. The molecular formula is C12H13F3N2O2S. The smallest absolute Gasteiger partial charge is 0.383 e. The Kier molecular flexibility index (Phi) is 4.42. The summed E-state index contributed by atoms with van der Waals surface area (Å²) in [5.41, 5.74) is -1.65. The highest BCUT2D eigenvalue weighted by molar-refractivity contribution is 8.00. The van der Waals surface area contributed by atoms with E-state index in [9.17, 15) is 23.3 Å². The first kappa shape index (κ1) is 15.0. The van der Waals surface area contributed by atoms with Gasteiger partial charge in [-0.05, 0) is 24.7 Å². The molecule has 8 heteroatoms. The molecule has 20 heavy (non-hydrogen) atoms. The Morgan fingerprint density at radius 3 is 2.75 bits per heavy atom. The van der Waals surface area contributed by atoms with Crippen LogP contribution < -0.4 is 5.32 Å². The minimum Gasteiger partial charge on any atom is -0.383 e. The summed E-state index contributed by atoms with van der Waals surface area (Å²) in [6.07, 6.45) is -2.56. The largest absolute Gasteiger partial charge is 0.418 e. The van der Waals surface area contributed by atoms with Crippen LogP contribution in [0.1, 0.15) is 18.4 Å². The molecule has 2 rings (SSSR count). The van der Waals surface area contributed by atoms with E-state index in [1.165, 1.54) is 0 Å². The van der Waals surface area contributed by atoms with Crippen LogP contribution >= 0.6 is 11.8 Å². The SMILES string of the molecule is O=[N+]([O-])c1ccc(NCC2CCCS2)c(C(F)(F)F)c1. The summed E-state index contributed by atoms with van der Waals surface area (Å²) in [5.74, 6) is 1.03. The van der Waals surface area contributed by atoms with Crippen LogP contribution in [0.15, 0.2) is 18.2 Å². The van der Waals surface area contributed by atoms with Crippen molar-refractivity contribution in [1.29, 1.82) is 0 Å². The molecular weight excluding hydrogens is 293 g/mol.